The largest absolute Gasteiger partial charge is 0.369 e. The molecule has 0 fully saturated rings. The van der Waals surface area contributed by atoms with E-state index in [1.54, 1.807) is 9.25 Å². The van der Waals surface area contributed by atoms with Gasteiger partial charge in [-0.05, 0) is 20.3 Å². The number of nitrogen functional groups attached to an aromatic ring is 1. The van der Waals surface area contributed by atoms with Gasteiger partial charge in [-0.3, -0.25) is 14.0 Å². The molecule has 1 unspecified atom stereocenters. The highest BCUT2D eigenvalue weighted by atomic mass is 16.2. The first-order chi connectivity index (χ1) is 8.97. The van der Waals surface area contributed by atoms with E-state index in [-0.39, 0.29) is 5.91 Å². The van der Waals surface area contributed by atoms with Crippen molar-refractivity contribution in [3.8, 4) is 0 Å². The molecule has 2 heterocycles. The minimum absolute atomic E-state index is 0.0632. The third kappa shape index (κ3) is 2.16. The molecule has 0 aliphatic heterocycles. The fourth-order valence-corrected chi connectivity index (χ4v) is 2.21. The lowest BCUT2D eigenvalue weighted by molar-refractivity contribution is -0.123. The van der Waals surface area contributed by atoms with Crippen LogP contribution < -0.4 is 11.1 Å². The lowest BCUT2D eigenvalue weighted by Crippen LogP contribution is -2.32. The van der Waals surface area contributed by atoms with Crippen molar-refractivity contribution in [1.29, 1.82) is 0 Å². The zero-order valence-corrected chi connectivity index (χ0v) is 11.8. The zero-order valence-electron chi connectivity index (χ0n) is 11.8. The van der Waals surface area contributed by atoms with Gasteiger partial charge in [-0.15, -0.1) is 0 Å². The van der Waals surface area contributed by atoms with E-state index in [9.17, 15) is 4.79 Å². The van der Waals surface area contributed by atoms with Gasteiger partial charge in [0.15, 0.2) is 5.65 Å². The average molecular weight is 264 g/mol. The van der Waals surface area contributed by atoms with Crippen molar-refractivity contribution in [1.82, 2.24) is 24.6 Å². The second-order valence-electron chi connectivity index (χ2n) is 4.69. The van der Waals surface area contributed by atoms with Crippen molar-refractivity contribution in [3.63, 3.8) is 0 Å². The number of aryl methyl sites for hydroxylation is 2. The van der Waals surface area contributed by atoms with Crippen LogP contribution in [0.1, 0.15) is 32.0 Å². The van der Waals surface area contributed by atoms with E-state index in [0.29, 0.717) is 12.5 Å². The monoisotopic (exact) mass is 264 g/mol. The number of carbonyl (C=O) groups excluding carboxylic acids is 1. The maximum Gasteiger partial charge on any atom is 0.242 e. The normalized spacial score (nSPS) is 12.8. The van der Waals surface area contributed by atoms with Gasteiger partial charge in [0.2, 0.25) is 11.9 Å². The van der Waals surface area contributed by atoms with Gasteiger partial charge in [0.05, 0.1) is 5.69 Å². The summed E-state index contributed by atoms with van der Waals surface area (Å²) < 4.78 is 3.43. The van der Waals surface area contributed by atoms with Crippen molar-refractivity contribution in [2.45, 2.75) is 33.2 Å². The van der Waals surface area contributed by atoms with Crippen molar-refractivity contribution in [3.05, 3.63) is 5.69 Å². The molecule has 0 bridgehead atoms. The highest BCUT2D eigenvalue weighted by molar-refractivity contribution is 5.85. The molecule has 0 spiro atoms. The van der Waals surface area contributed by atoms with Crippen LogP contribution in [0.3, 0.4) is 0 Å². The molecular formula is C12H20N6O. The molecule has 0 radical (unpaired) electrons. The van der Waals surface area contributed by atoms with Gasteiger partial charge in [-0.25, -0.2) is 4.98 Å². The highest BCUT2D eigenvalue weighted by Gasteiger charge is 2.23. The molecule has 0 saturated heterocycles. The summed E-state index contributed by atoms with van der Waals surface area (Å²) in [6.07, 6.45) is 0.901. The van der Waals surface area contributed by atoms with Crippen molar-refractivity contribution >= 4 is 23.0 Å². The van der Waals surface area contributed by atoms with E-state index in [4.69, 9.17) is 5.73 Å². The summed E-state index contributed by atoms with van der Waals surface area (Å²) in [5, 5.41) is 7.17. The molecule has 19 heavy (non-hydrogen) atoms. The summed E-state index contributed by atoms with van der Waals surface area (Å²) in [6.45, 7) is 6.36. The molecule has 0 aromatic carbocycles. The SMILES string of the molecule is CCCNC(=O)C(C)n1c(N)nc2c(C)nn(C)c21. The molecule has 2 aromatic heterocycles. The quantitative estimate of drug-likeness (QED) is 0.852. The van der Waals surface area contributed by atoms with E-state index < -0.39 is 6.04 Å². The van der Waals surface area contributed by atoms with E-state index in [1.165, 1.54) is 0 Å². The molecule has 1 amide bonds. The number of hydrogen-bond donors (Lipinski definition) is 2. The number of fused-ring (bicyclic) bond motifs is 1. The van der Waals surface area contributed by atoms with Crippen LogP contribution in [0.15, 0.2) is 0 Å². The Bertz CT molecular complexity index is 611. The molecule has 7 heteroatoms. The molecule has 1 atom stereocenters. The Labute approximate surface area is 111 Å². The average Bonchev–Trinajstić information content (AvgIpc) is 2.84. The fraction of sp³-hybridized carbons (Fsp3) is 0.583. The third-order valence-electron chi connectivity index (χ3n) is 3.18. The number of rotatable bonds is 4. The van der Waals surface area contributed by atoms with Gasteiger partial charge >= 0.3 is 0 Å². The van der Waals surface area contributed by atoms with Crippen LogP contribution in [0.2, 0.25) is 0 Å². The Balaban J connectivity index is 2.44. The second-order valence-corrected chi connectivity index (χ2v) is 4.69. The van der Waals surface area contributed by atoms with Gasteiger partial charge in [0, 0.05) is 13.6 Å². The first kappa shape index (κ1) is 13.4. The summed E-state index contributed by atoms with van der Waals surface area (Å²) in [5.74, 6) is 0.275. The lowest BCUT2D eigenvalue weighted by atomic mass is 10.3. The van der Waals surface area contributed by atoms with Gasteiger partial charge in [0.1, 0.15) is 11.6 Å². The van der Waals surface area contributed by atoms with Crippen LogP contribution in [-0.4, -0.2) is 31.8 Å². The number of nitrogens with two attached hydrogens (primary N) is 1. The van der Waals surface area contributed by atoms with Crippen LogP contribution in [0.4, 0.5) is 5.95 Å². The highest BCUT2D eigenvalue weighted by Crippen LogP contribution is 2.24. The van der Waals surface area contributed by atoms with Crippen molar-refractivity contribution in [2.75, 3.05) is 12.3 Å². The number of nitrogens with one attached hydrogen (secondary N) is 1. The number of amides is 1. The molecule has 3 N–H and O–H groups in total. The van der Waals surface area contributed by atoms with Crippen LogP contribution in [0.25, 0.3) is 11.2 Å². The maximum atomic E-state index is 12.1. The van der Waals surface area contributed by atoms with E-state index in [1.807, 2.05) is 27.8 Å². The topological polar surface area (TPSA) is 90.8 Å². The van der Waals surface area contributed by atoms with Gasteiger partial charge in [-0.2, -0.15) is 5.10 Å². The summed E-state index contributed by atoms with van der Waals surface area (Å²) in [7, 11) is 1.82. The van der Waals surface area contributed by atoms with E-state index in [0.717, 1.165) is 23.3 Å². The number of carbonyl (C=O) groups is 1. The van der Waals surface area contributed by atoms with Crippen molar-refractivity contribution < 1.29 is 4.79 Å². The molecule has 7 nitrogen and oxygen atoms in total. The van der Waals surface area contributed by atoms with Crippen LogP contribution >= 0.6 is 0 Å². The Hall–Kier alpha value is -2.05. The van der Waals surface area contributed by atoms with E-state index >= 15 is 0 Å². The summed E-state index contributed by atoms with van der Waals surface area (Å²) in [5.41, 5.74) is 8.26. The molecule has 2 aromatic rings. The fourth-order valence-electron chi connectivity index (χ4n) is 2.21. The molecule has 0 aliphatic carbocycles. The van der Waals surface area contributed by atoms with Gasteiger partial charge in [0.25, 0.3) is 0 Å². The van der Waals surface area contributed by atoms with Crippen LogP contribution in [0.5, 0.6) is 0 Å². The van der Waals surface area contributed by atoms with Crippen LogP contribution in [-0.2, 0) is 11.8 Å². The zero-order chi connectivity index (χ0) is 14.2. The molecule has 104 valence electrons. The van der Waals surface area contributed by atoms with Crippen LogP contribution in [0, 0.1) is 6.92 Å². The Morgan fingerprint density at radius 2 is 2.21 bits per heavy atom. The van der Waals surface area contributed by atoms with Crippen molar-refractivity contribution in [2.24, 2.45) is 7.05 Å². The molecule has 0 saturated carbocycles. The third-order valence-corrected chi connectivity index (χ3v) is 3.18. The molecular weight excluding hydrogens is 244 g/mol. The number of aromatic nitrogens is 4. The number of nitrogens with zero attached hydrogens (tertiary/aromatic N) is 4. The minimum Gasteiger partial charge on any atom is -0.369 e. The first-order valence-electron chi connectivity index (χ1n) is 6.42. The lowest BCUT2D eigenvalue weighted by Gasteiger charge is -2.15. The Morgan fingerprint density at radius 3 is 2.84 bits per heavy atom. The Morgan fingerprint density at radius 1 is 1.53 bits per heavy atom. The molecule has 2 rings (SSSR count). The second kappa shape index (κ2) is 4.91. The number of imidazole rings is 1. The summed E-state index contributed by atoms with van der Waals surface area (Å²) >= 11 is 0. The number of anilines is 1. The summed E-state index contributed by atoms with van der Waals surface area (Å²) in [6, 6.07) is -0.411. The standard InChI is InChI=1S/C12H20N6O/c1-5-6-14-10(19)8(3)18-11-9(15-12(18)13)7(2)16-17(11)4/h8H,5-6H2,1-4H3,(H2,13,15)(H,14,19). The van der Waals surface area contributed by atoms with E-state index in [2.05, 4.69) is 15.4 Å². The minimum atomic E-state index is -0.411. The molecule has 0 aliphatic rings. The summed E-state index contributed by atoms with van der Waals surface area (Å²) in [4.78, 5) is 16.4. The Kier molecular flexibility index (Phi) is 3.46. The van der Waals surface area contributed by atoms with Gasteiger partial charge < -0.3 is 11.1 Å². The smallest absolute Gasteiger partial charge is 0.242 e. The van der Waals surface area contributed by atoms with Gasteiger partial charge in [-0.1, -0.05) is 6.92 Å². The predicted molar refractivity (Wildman–Crippen MR) is 73.7 cm³/mol. The maximum absolute atomic E-state index is 12.1. The predicted octanol–water partition coefficient (Wildman–Crippen LogP) is 0.748. The number of hydrogen-bond acceptors (Lipinski definition) is 4. The first-order valence-corrected chi connectivity index (χ1v) is 6.42.